The molecule has 1 saturated heterocycles. The summed E-state index contributed by atoms with van der Waals surface area (Å²) in [5.74, 6) is 1.52. The summed E-state index contributed by atoms with van der Waals surface area (Å²) in [6.07, 6.45) is 35.7. The Labute approximate surface area is 228 Å². The highest BCUT2D eigenvalue weighted by Crippen LogP contribution is 2.24. The molecular weight excluding hydrogens is 440 g/mol. The highest BCUT2D eigenvalue weighted by molar-refractivity contribution is 4.66. The number of hydrogen-bond acceptors (Lipinski definition) is 2. The summed E-state index contributed by atoms with van der Waals surface area (Å²) in [7, 11) is 0. The molecule has 2 unspecified atom stereocenters. The summed E-state index contributed by atoms with van der Waals surface area (Å²) in [6, 6.07) is 0. The molecule has 2 nitrogen and oxygen atoms in total. The van der Waals surface area contributed by atoms with Gasteiger partial charge in [0, 0.05) is 6.61 Å². The van der Waals surface area contributed by atoms with Crippen molar-refractivity contribution in [3.63, 3.8) is 0 Å². The molecule has 0 saturated carbocycles. The van der Waals surface area contributed by atoms with E-state index in [1.807, 2.05) is 0 Å². The van der Waals surface area contributed by atoms with Crippen molar-refractivity contribution in [2.45, 2.75) is 201 Å². The SMILES string of the molecule is CCCCCCCCCCCCCCCCCCCC[C@H](C)CCC[C@H](C)C(C)OC1CCCCO1. The molecule has 0 aromatic carbocycles. The van der Waals surface area contributed by atoms with E-state index < -0.39 is 0 Å². The van der Waals surface area contributed by atoms with E-state index in [0.717, 1.165) is 18.9 Å². The predicted molar refractivity (Wildman–Crippen MR) is 160 cm³/mol. The maximum absolute atomic E-state index is 6.16. The van der Waals surface area contributed by atoms with Crippen molar-refractivity contribution in [1.29, 1.82) is 0 Å². The normalized spacial score (nSPS) is 18.8. The van der Waals surface area contributed by atoms with E-state index in [-0.39, 0.29) is 6.29 Å². The van der Waals surface area contributed by atoms with Crippen LogP contribution in [-0.4, -0.2) is 19.0 Å². The van der Waals surface area contributed by atoms with Crippen LogP contribution in [0.15, 0.2) is 0 Å². The Balaban J connectivity index is 1.78. The van der Waals surface area contributed by atoms with Crippen LogP contribution in [0.2, 0.25) is 0 Å². The van der Waals surface area contributed by atoms with Crippen molar-refractivity contribution < 1.29 is 9.47 Å². The zero-order valence-electron chi connectivity index (χ0n) is 25.5. The first kappa shape index (κ1) is 33.9. The van der Waals surface area contributed by atoms with Crippen LogP contribution >= 0.6 is 0 Å². The molecule has 0 aromatic heterocycles. The Hall–Kier alpha value is -0.0800. The summed E-state index contributed by atoms with van der Waals surface area (Å²) in [5, 5.41) is 0. The first-order valence-corrected chi connectivity index (χ1v) is 16.9. The molecule has 1 aliphatic rings. The zero-order chi connectivity index (χ0) is 26.1. The van der Waals surface area contributed by atoms with E-state index in [2.05, 4.69) is 27.7 Å². The molecule has 0 radical (unpaired) electrons. The third-order valence-corrected chi connectivity index (χ3v) is 8.71. The molecular formula is C34H68O2. The Morgan fingerprint density at radius 3 is 1.53 bits per heavy atom. The lowest BCUT2D eigenvalue weighted by Crippen LogP contribution is -2.29. The van der Waals surface area contributed by atoms with Gasteiger partial charge in [0.1, 0.15) is 0 Å². The van der Waals surface area contributed by atoms with Gasteiger partial charge < -0.3 is 9.47 Å². The van der Waals surface area contributed by atoms with Crippen LogP contribution in [0.1, 0.15) is 188 Å². The van der Waals surface area contributed by atoms with Crippen LogP contribution in [0.5, 0.6) is 0 Å². The minimum Gasteiger partial charge on any atom is -0.353 e. The van der Waals surface area contributed by atoms with Gasteiger partial charge in [0.25, 0.3) is 0 Å². The van der Waals surface area contributed by atoms with Gasteiger partial charge >= 0.3 is 0 Å². The van der Waals surface area contributed by atoms with Gasteiger partial charge in [-0.15, -0.1) is 0 Å². The lowest BCUT2D eigenvalue weighted by atomic mass is 9.92. The zero-order valence-corrected chi connectivity index (χ0v) is 25.5. The lowest BCUT2D eigenvalue weighted by molar-refractivity contribution is -0.193. The van der Waals surface area contributed by atoms with Crippen molar-refractivity contribution in [1.82, 2.24) is 0 Å². The standard InChI is InChI=1S/C34H68O2/c1-5-6-7-8-9-10-11-12-13-14-15-16-17-18-19-20-21-22-26-31(2)27-25-28-32(3)33(4)36-34-29-23-24-30-35-34/h31-34H,5-30H2,1-4H3/t31-,32-,33?,34?/m0/s1. The fourth-order valence-corrected chi connectivity index (χ4v) is 5.75. The predicted octanol–water partition coefficient (Wildman–Crippen LogP) is 11.8. The summed E-state index contributed by atoms with van der Waals surface area (Å²) in [4.78, 5) is 0. The molecule has 4 atom stereocenters. The van der Waals surface area contributed by atoms with E-state index in [9.17, 15) is 0 Å². The largest absolute Gasteiger partial charge is 0.353 e. The minimum atomic E-state index is 0.0552. The smallest absolute Gasteiger partial charge is 0.157 e. The van der Waals surface area contributed by atoms with Crippen molar-refractivity contribution in [2.24, 2.45) is 11.8 Å². The number of ether oxygens (including phenoxy) is 2. The Morgan fingerprint density at radius 2 is 1.06 bits per heavy atom. The minimum absolute atomic E-state index is 0.0552. The number of unbranched alkanes of at least 4 members (excludes halogenated alkanes) is 17. The van der Waals surface area contributed by atoms with E-state index in [0.29, 0.717) is 12.0 Å². The van der Waals surface area contributed by atoms with Gasteiger partial charge in [-0.2, -0.15) is 0 Å². The Bertz CT molecular complexity index is 431. The molecule has 1 fully saturated rings. The highest BCUT2D eigenvalue weighted by atomic mass is 16.7. The summed E-state index contributed by atoms with van der Waals surface area (Å²) in [6.45, 7) is 10.2. The molecule has 216 valence electrons. The molecule has 0 aromatic rings. The van der Waals surface area contributed by atoms with Gasteiger partial charge in [0.05, 0.1) is 6.10 Å². The van der Waals surface area contributed by atoms with E-state index in [1.54, 1.807) is 0 Å². The molecule has 1 heterocycles. The third kappa shape index (κ3) is 20.9. The molecule has 0 N–H and O–H groups in total. The number of hydrogen-bond donors (Lipinski definition) is 0. The summed E-state index contributed by atoms with van der Waals surface area (Å²) in [5.41, 5.74) is 0. The van der Waals surface area contributed by atoms with Crippen LogP contribution in [-0.2, 0) is 9.47 Å². The van der Waals surface area contributed by atoms with Crippen molar-refractivity contribution in [3.8, 4) is 0 Å². The van der Waals surface area contributed by atoms with Gasteiger partial charge in [0.15, 0.2) is 6.29 Å². The Morgan fingerprint density at radius 1 is 0.583 bits per heavy atom. The molecule has 0 amide bonds. The second kappa shape index (κ2) is 25.2. The third-order valence-electron chi connectivity index (χ3n) is 8.71. The number of rotatable bonds is 26. The molecule has 0 spiro atoms. The lowest BCUT2D eigenvalue weighted by Gasteiger charge is -2.29. The fraction of sp³-hybridized carbons (Fsp3) is 1.00. The maximum Gasteiger partial charge on any atom is 0.157 e. The molecule has 1 rings (SSSR count). The molecule has 0 aliphatic carbocycles. The monoisotopic (exact) mass is 509 g/mol. The van der Waals surface area contributed by atoms with Crippen molar-refractivity contribution >= 4 is 0 Å². The van der Waals surface area contributed by atoms with Gasteiger partial charge in [0.2, 0.25) is 0 Å². The van der Waals surface area contributed by atoms with Crippen LogP contribution in [0.3, 0.4) is 0 Å². The van der Waals surface area contributed by atoms with Crippen molar-refractivity contribution in [3.05, 3.63) is 0 Å². The second-order valence-electron chi connectivity index (χ2n) is 12.4. The summed E-state index contributed by atoms with van der Waals surface area (Å²) >= 11 is 0. The van der Waals surface area contributed by atoms with Crippen molar-refractivity contribution in [2.75, 3.05) is 6.61 Å². The van der Waals surface area contributed by atoms with E-state index in [4.69, 9.17) is 9.47 Å². The first-order valence-electron chi connectivity index (χ1n) is 16.9. The van der Waals surface area contributed by atoms with Gasteiger partial charge in [-0.25, -0.2) is 0 Å². The fourth-order valence-electron chi connectivity index (χ4n) is 5.75. The van der Waals surface area contributed by atoms with Crippen LogP contribution in [0.4, 0.5) is 0 Å². The second-order valence-corrected chi connectivity index (χ2v) is 12.4. The molecule has 1 aliphatic heterocycles. The van der Waals surface area contributed by atoms with E-state index in [1.165, 1.54) is 154 Å². The van der Waals surface area contributed by atoms with E-state index >= 15 is 0 Å². The maximum atomic E-state index is 6.16. The van der Waals surface area contributed by atoms with Gasteiger partial charge in [-0.1, -0.05) is 156 Å². The topological polar surface area (TPSA) is 18.5 Å². The molecule has 0 bridgehead atoms. The van der Waals surface area contributed by atoms with Crippen LogP contribution < -0.4 is 0 Å². The first-order chi connectivity index (χ1) is 17.6. The van der Waals surface area contributed by atoms with Crippen LogP contribution in [0.25, 0.3) is 0 Å². The molecule has 36 heavy (non-hydrogen) atoms. The Kier molecular flexibility index (Phi) is 23.8. The van der Waals surface area contributed by atoms with Crippen LogP contribution in [0, 0.1) is 11.8 Å². The average molecular weight is 509 g/mol. The quantitative estimate of drug-likeness (QED) is 0.108. The summed E-state index contributed by atoms with van der Waals surface area (Å²) < 4.78 is 11.9. The van der Waals surface area contributed by atoms with Gasteiger partial charge in [-0.3, -0.25) is 0 Å². The van der Waals surface area contributed by atoms with Gasteiger partial charge in [-0.05, 0) is 44.4 Å². The highest BCUT2D eigenvalue weighted by Gasteiger charge is 2.20. The molecule has 2 heteroatoms. The average Bonchev–Trinajstić information content (AvgIpc) is 2.88.